The van der Waals surface area contributed by atoms with Crippen LogP contribution in [-0.2, 0) is 25.6 Å². The zero-order valence-corrected chi connectivity index (χ0v) is 19.9. The van der Waals surface area contributed by atoms with Crippen LogP contribution in [0, 0.1) is 5.92 Å². The van der Waals surface area contributed by atoms with E-state index in [1.165, 1.54) is 6.92 Å². The average molecular weight is 477 g/mol. The lowest BCUT2D eigenvalue weighted by Crippen LogP contribution is -2.60. The maximum atomic E-state index is 13.0. The highest BCUT2D eigenvalue weighted by Gasteiger charge is 2.33. The highest BCUT2D eigenvalue weighted by molar-refractivity contribution is 5.94. The fourth-order valence-corrected chi connectivity index (χ4v) is 3.85. The molecule has 5 unspecified atom stereocenters. The van der Waals surface area contributed by atoms with Crippen molar-refractivity contribution >= 4 is 23.7 Å². The quantitative estimate of drug-likeness (QED) is 0.247. The minimum atomic E-state index is -1.25. The number of aliphatic hydroxyl groups excluding tert-OH is 1. The lowest BCUT2D eigenvalue weighted by molar-refractivity contribution is -0.142. The van der Waals surface area contributed by atoms with Gasteiger partial charge in [0.2, 0.25) is 17.7 Å². The van der Waals surface area contributed by atoms with Crippen LogP contribution in [0.15, 0.2) is 30.3 Å². The van der Waals surface area contributed by atoms with E-state index < -0.39 is 54.0 Å². The van der Waals surface area contributed by atoms with Crippen LogP contribution in [0.3, 0.4) is 0 Å². The van der Waals surface area contributed by atoms with E-state index >= 15 is 0 Å². The summed E-state index contributed by atoms with van der Waals surface area (Å²) in [6, 6.07) is 5.01. The maximum Gasteiger partial charge on any atom is 0.326 e. The number of carbonyl (C=O) groups excluding carboxylic acids is 3. The summed E-state index contributed by atoms with van der Waals surface area (Å²) >= 11 is 0. The topological polar surface area (TPSA) is 157 Å². The molecule has 2 rings (SSSR count). The van der Waals surface area contributed by atoms with Gasteiger partial charge in [-0.1, -0.05) is 44.2 Å². The standard InChI is InChI=1S/C24H36N4O6/c1-14(2)12-18(22(31)27-19(24(33)34)13-16-8-5-4-6-9-16)26-23(32)20(15(3)29)28-21(30)17-10-7-11-25-17/h4-6,8-9,14-15,17-20,25,29H,7,10-13H2,1-3H3,(H,26,32)(H,27,31)(H,28,30)(H,33,34). The Morgan fingerprint density at radius 1 is 1.00 bits per heavy atom. The van der Waals surface area contributed by atoms with Crippen LogP contribution in [0.2, 0.25) is 0 Å². The molecule has 0 spiro atoms. The van der Waals surface area contributed by atoms with Gasteiger partial charge in [0, 0.05) is 6.42 Å². The number of nitrogens with one attached hydrogen (secondary N) is 4. The molecular formula is C24H36N4O6. The van der Waals surface area contributed by atoms with Crippen LogP contribution in [0.1, 0.15) is 45.6 Å². The lowest BCUT2D eigenvalue weighted by Gasteiger charge is -2.27. The number of rotatable bonds is 12. The number of aliphatic hydroxyl groups is 1. The normalized spacial score (nSPS) is 19.0. The fourth-order valence-electron chi connectivity index (χ4n) is 3.85. The molecule has 0 radical (unpaired) electrons. The fraction of sp³-hybridized carbons (Fsp3) is 0.583. The molecule has 6 N–H and O–H groups in total. The second-order valence-corrected chi connectivity index (χ2v) is 9.16. The largest absolute Gasteiger partial charge is 0.480 e. The van der Waals surface area contributed by atoms with Crippen LogP contribution in [0.25, 0.3) is 0 Å². The summed E-state index contributed by atoms with van der Waals surface area (Å²) in [5.74, 6) is -2.92. The van der Waals surface area contributed by atoms with Gasteiger partial charge < -0.3 is 31.5 Å². The molecule has 1 aliphatic heterocycles. The van der Waals surface area contributed by atoms with Crippen molar-refractivity contribution < 1.29 is 29.4 Å². The monoisotopic (exact) mass is 476 g/mol. The van der Waals surface area contributed by atoms with Gasteiger partial charge in [-0.25, -0.2) is 4.79 Å². The molecule has 0 bridgehead atoms. The summed E-state index contributed by atoms with van der Waals surface area (Å²) in [6.07, 6.45) is 0.618. The van der Waals surface area contributed by atoms with Crippen LogP contribution < -0.4 is 21.3 Å². The van der Waals surface area contributed by atoms with E-state index in [0.29, 0.717) is 13.0 Å². The van der Waals surface area contributed by atoms with Crippen molar-refractivity contribution in [2.75, 3.05) is 6.54 Å². The van der Waals surface area contributed by atoms with Crippen molar-refractivity contribution in [1.82, 2.24) is 21.3 Å². The Morgan fingerprint density at radius 2 is 1.65 bits per heavy atom. The first-order chi connectivity index (χ1) is 16.1. The van der Waals surface area contributed by atoms with Gasteiger partial charge in [-0.2, -0.15) is 0 Å². The molecule has 5 atom stereocenters. The predicted molar refractivity (Wildman–Crippen MR) is 126 cm³/mol. The minimum absolute atomic E-state index is 0.00994. The summed E-state index contributed by atoms with van der Waals surface area (Å²) in [4.78, 5) is 50.1. The number of aliphatic carboxylic acids is 1. The zero-order chi connectivity index (χ0) is 25.3. The molecule has 1 heterocycles. The Bertz CT molecular complexity index is 839. The number of benzene rings is 1. The Hall–Kier alpha value is -2.98. The smallest absolute Gasteiger partial charge is 0.326 e. The number of hydrogen-bond donors (Lipinski definition) is 6. The number of amides is 3. The number of carboxylic acid groups (broad SMARTS) is 1. The molecule has 0 aliphatic carbocycles. The van der Waals surface area contributed by atoms with Gasteiger partial charge in [0.05, 0.1) is 12.1 Å². The van der Waals surface area contributed by atoms with E-state index in [0.717, 1.165) is 12.0 Å². The number of carbonyl (C=O) groups is 4. The molecule has 0 saturated carbocycles. The van der Waals surface area contributed by atoms with Gasteiger partial charge in [-0.15, -0.1) is 0 Å². The summed E-state index contributed by atoms with van der Waals surface area (Å²) in [7, 11) is 0. The van der Waals surface area contributed by atoms with Crippen LogP contribution in [-0.4, -0.2) is 70.7 Å². The van der Waals surface area contributed by atoms with Crippen LogP contribution in [0.4, 0.5) is 0 Å². The Morgan fingerprint density at radius 3 is 2.18 bits per heavy atom. The number of hydrogen-bond acceptors (Lipinski definition) is 6. The Balaban J connectivity index is 2.09. The van der Waals surface area contributed by atoms with E-state index in [-0.39, 0.29) is 18.8 Å². The summed E-state index contributed by atoms with van der Waals surface area (Å²) < 4.78 is 0. The third kappa shape index (κ3) is 8.42. The van der Waals surface area contributed by atoms with Crippen molar-refractivity contribution in [1.29, 1.82) is 0 Å². The lowest BCUT2D eigenvalue weighted by atomic mass is 10.0. The summed E-state index contributed by atoms with van der Waals surface area (Å²) in [5, 5.41) is 30.4. The molecule has 34 heavy (non-hydrogen) atoms. The second-order valence-electron chi connectivity index (χ2n) is 9.16. The van der Waals surface area contributed by atoms with Crippen molar-refractivity contribution in [3.8, 4) is 0 Å². The predicted octanol–water partition coefficient (Wildman–Crippen LogP) is -0.0530. The first-order valence-electron chi connectivity index (χ1n) is 11.7. The second kappa shape index (κ2) is 13.0. The SMILES string of the molecule is CC(C)CC(NC(=O)C(NC(=O)C1CCCN1)C(C)O)C(=O)NC(Cc1ccccc1)C(=O)O. The molecule has 0 aromatic heterocycles. The van der Waals surface area contributed by atoms with Crippen molar-refractivity contribution in [3.05, 3.63) is 35.9 Å². The molecule has 1 aliphatic rings. The molecule has 188 valence electrons. The highest BCUT2D eigenvalue weighted by Crippen LogP contribution is 2.10. The van der Waals surface area contributed by atoms with Gasteiger partial charge in [-0.3, -0.25) is 14.4 Å². The molecule has 1 aromatic rings. The van der Waals surface area contributed by atoms with Crippen molar-refractivity contribution in [2.24, 2.45) is 5.92 Å². The molecule has 10 nitrogen and oxygen atoms in total. The first kappa shape index (κ1) is 27.3. The van der Waals surface area contributed by atoms with Gasteiger partial charge >= 0.3 is 5.97 Å². The summed E-state index contributed by atoms with van der Waals surface area (Å²) in [5.41, 5.74) is 0.747. The van der Waals surface area contributed by atoms with Crippen molar-refractivity contribution in [2.45, 2.75) is 76.7 Å². The minimum Gasteiger partial charge on any atom is -0.480 e. The van der Waals surface area contributed by atoms with Gasteiger partial charge in [0.15, 0.2) is 0 Å². The first-order valence-corrected chi connectivity index (χ1v) is 11.7. The molecule has 10 heteroatoms. The van der Waals surface area contributed by atoms with E-state index in [9.17, 15) is 29.4 Å². The van der Waals surface area contributed by atoms with E-state index in [2.05, 4.69) is 21.3 Å². The zero-order valence-electron chi connectivity index (χ0n) is 19.9. The highest BCUT2D eigenvalue weighted by atomic mass is 16.4. The molecule has 1 aromatic carbocycles. The van der Waals surface area contributed by atoms with Crippen LogP contribution in [0.5, 0.6) is 0 Å². The van der Waals surface area contributed by atoms with Crippen molar-refractivity contribution in [3.63, 3.8) is 0 Å². The third-order valence-corrected chi connectivity index (χ3v) is 5.68. The molecule has 1 fully saturated rings. The maximum absolute atomic E-state index is 13.0. The van der Waals surface area contributed by atoms with Crippen LogP contribution >= 0.6 is 0 Å². The summed E-state index contributed by atoms with van der Waals surface area (Å²) in [6.45, 7) is 5.81. The van der Waals surface area contributed by atoms with E-state index in [1.54, 1.807) is 24.3 Å². The average Bonchev–Trinajstić information content (AvgIpc) is 3.31. The third-order valence-electron chi connectivity index (χ3n) is 5.68. The van der Waals surface area contributed by atoms with Gasteiger partial charge in [0.25, 0.3) is 0 Å². The molecule has 3 amide bonds. The number of carboxylic acids is 1. The van der Waals surface area contributed by atoms with E-state index in [4.69, 9.17) is 0 Å². The van der Waals surface area contributed by atoms with E-state index in [1.807, 2.05) is 19.9 Å². The van der Waals surface area contributed by atoms with Gasteiger partial charge in [0.1, 0.15) is 18.1 Å². The molecular weight excluding hydrogens is 440 g/mol. The molecule has 1 saturated heterocycles. The Kier molecular flexibility index (Phi) is 10.5. The Labute approximate surface area is 199 Å². The van der Waals surface area contributed by atoms with Gasteiger partial charge in [-0.05, 0) is 44.2 Å².